The highest BCUT2D eigenvalue weighted by molar-refractivity contribution is 9.11. The van der Waals surface area contributed by atoms with Gasteiger partial charge in [-0.2, -0.15) is 0 Å². The van der Waals surface area contributed by atoms with Crippen LogP contribution in [0, 0.1) is 0 Å². The topological polar surface area (TPSA) is 34.1 Å². The summed E-state index contributed by atoms with van der Waals surface area (Å²) in [5, 5.41) is 4.50. The molecule has 1 aliphatic rings. The maximum Gasteiger partial charge on any atom is 0.159 e. The first kappa shape index (κ1) is 13.3. The van der Waals surface area contributed by atoms with Crippen molar-refractivity contribution in [2.24, 2.45) is 0 Å². The lowest BCUT2D eigenvalue weighted by Gasteiger charge is -2.12. The average Bonchev–Trinajstić information content (AvgIpc) is 3.22. The summed E-state index contributed by atoms with van der Waals surface area (Å²) >= 11 is 7.10. The molecule has 3 rings (SSSR count). The number of ether oxygens (including phenoxy) is 1. The Bertz CT molecular complexity index is 599. The van der Waals surface area contributed by atoms with Crippen molar-refractivity contribution >= 4 is 42.8 Å². The lowest BCUT2D eigenvalue weighted by molar-refractivity contribution is 0.314. The second-order valence-corrected chi connectivity index (χ2v) is 6.35. The van der Waals surface area contributed by atoms with Crippen molar-refractivity contribution in [3.8, 4) is 5.75 Å². The molecule has 1 aliphatic carbocycles. The molecule has 1 fully saturated rings. The number of rotatable bonds is 5. The van der Waals surface area contributed by atoms with E-state index in [-0.39, 0.29) is 0 Å². The Balaban J connectivity index is 1.80. The van der Waals surface area contributed by atoms with Gasteiger partial charge in [-0.25, -0.2) is 0 Å². The predicted molar refractivity (Wildman–Crippen MR) is 83.7 cm³/mol. The van der Waals surface area contributed by atoms with Crippen LogP contribution in [0.3, 0.4) is 0 Å². The number of halogens is 2. The Kier molecular flexibility index (Phi) is 4.05. The van der Waals surface area contributed by atoms with Crippen molar-refractivity contribution in [3.63, 3.8) is 0 Å². The van der Waals surface area contributed by atoms with Crippen molar-refractivity contribution in [1.29, 1.82) is 0 Å². The third-order valence-corrected chi connectivity index (χ3v) is 4.35. The molecule has 3 nitrogen and oxygen atoms in total. The average molecular weight is 386 g/mol. The number of nitrogens with one attached hydrogen (secondary N) is 1. The molecule has 0 unspecified atom stereocenters. The van der Waals surface area contributed by atoms with Gasteiger partial charge in [-0.05, 0) is 40.9 Å². The molecule has 100 valence electrons. The van der Waals surface area contributed by atoms with Gasteiger partial charge < -0.3 is 10.1 Å². The zero-order valence-corrected chi connectivity index (χ0v) is 13.5. The Morgan fingerprint density at radius 1 is 1.32 bits per heavy atom. The van der Waals surface area contributed by atoms with Gasteiger partial charge in [0.1, 0.15) is 12.1 Å². The number of nitrogens with zero attached hydrogens (tertiary/aromatic N) is 1. The van der Waals surface area contributed by atoms with Gasteiger partial charge in [0.25, 0.3) is 0 Å². The first-order valence-corrected chi connectivity index (χ1v) is 7.93. The van der Waals surface area contributed by atoms with Gasteiger partial charge in [-0.3, -0.25) is 4.98 Å². The summed E-state index contributed by atoms with van der Waals surface area (Å²) in [5.41, 5.74) is 0.884. The fourth-order valence-corrected chi connectivity index (χ4v) is 3.37. The highest BCUT2D eigenvalue weighted by Crippen LogP contribution is 2.37. The predicted octanol–water partition coefficient (Wildman–Crippen LogP) is 3.89. The van der Waals surface area contributed by atoms with E-state index in [0.29, 0.717) is 12.6 Å². The first-order chi connectivity index (χ1) is 9.25. The molecule has 0 spiro atoms. The van der Waals surface area contributed by atoms with Crippen molar-refractivity contribution in [2.45, 2.75) is 18.9 Å². The van der Waals surface area contributed by atoms with E-state index in [0.717, 1.165) is 32.1 Å². The summed E-state index contributed by atoms with van der Waals surface area (Å²) < 4.78 is 7.84. The van der Waals surface area contributed by atoms with Crippen LogP contribution in [0.15, 0.2) is 33.3 Å². The summed E-state index contributed by atoms with van der Waals surface area (Å²) in [6.07, 6.45) is 4.38. The maximum atomic E-state index is 5.89. The Labute approximate surface area is 129 Å². The van der Waals surface area contributed by atoms with Crippen LogP contribution in [0.2, 0.25) is 0 Å². The zero-order chi connectivity index (χ0) is 13.2. The van der Waals surface area contributed by atoms with E-state index in [1.165, 1.54) is 12.8 Å². The number of hydrogen-bond donors (Lipinski definition) is 1. The standard InChI is InChI=1S/C14H14Br2N2O/c15-11-8-12(16)14(13-10(11)2-1-5-18-13)19-7-6-17-9-3-4-9/h1-2,5,8-9,17H,3-4,6-7H2. The van der Waals surface area contributed by atoms with Crippen molar-refractivity contribution in [2.75, 3.05) is 13.2 Å². The number of pyridine rings is 1. The largest absolute Gasteiger partial charge is 0.489 e. The van der Waals surface area contributed by atoms with Crippen molar-refractivity contribution in [1.82, 2.24) is 10.3 Å². The van der Waals surface area contributed by atoms with E-state index < -0.39 is 0 Å². The summed E-state index contributed by atoms with van der Waals surface area (Å²) in [6.45, 7) is 1.53. The molecule has 0 bridgehead atoms. The maximum absolute atomic E-state index is 5.89. The van der Waals surface area contributed by atoms with Crippen LogP contribution in [-0.4, -0.2) is 24.2 Å². The molecule has 2 aromatic rings. The van der Waals surface area contributed by atoms with Crippen LogP contribution in [0.1, 0.15) is 12.8 Å². The Hall–Kier alpha value is -0.650. The van der Waals surface area contributed by atoms with Gasteiger partial charge in [0.15, 0.2) is 5.75 Å². The molecule has 1 aromatic carbocycles. The number of benzene rings is 1. The van der Waals surface area contributed by atoms with Crippen molar-refractivity contribution < 1.29 is 4.74 Å². The quantitative estimate of drug-likeness (QED) is 0.792. The molecule has 1 saturated carbocycles. The van der Waals surface area contributed by atoms with E-state index in [1.54, 1.807) is 6.20 Å². The smallest absolute Gasteiger partial charge is 0.159 e. The highest BCUT2D eigenvalue weighted by atomic mass is 79.9. The summed E-state index contributed by atoms with van der Waals surface area (Å²) in [5.74, 6) is 0.816. The van der Waals surface area contributed by atoms with Gasteiger partial charge in [0, 0.05) is 28.6 Å². The van der Waals surface area contributed by atoms with Crippen LogP contribution < -0.4 is 10.1 Å². The van der Waals surface area contributed by atoms with E-state index in [4.69, 9.17) is 4.74 Å². The zero-order valence-electron chi connectivity index (χ0n) is 10.3. The van der Waals surface area contributed by atoms with Gasteiger partial charge in [-0.15, -0.1) is 0 Å². The van der Waals surface area contributed by atoms with Crippen LogP contribution in [0.4, 0.5) is 0 Å². The summed E-state index contributed by atoms with van der Waals surface area (Å²) in [4.78, 5) is 4.42. The Morgan fingerprint density at radius 3 is 2.95 bits per heavy atom. The van der Waals surface area contributed by atoms with E-state index in [9.17, 15) is 0 Å². The van der Waals surface area contributed by atoms with E-state index in [1.807, 2.05) is 18.2 Å². The lowest BCUT2D eigenvalue weighted by Crippen LogP contribution is -2.23. The molecule has 0 atom stereocenters. The SMILES string of the molecule is Brc1cc(Br)c2cccnc2c1OCCNC1CC1. The number of fused-ring (bicyclic) bond motifs is 1. The minimum Gasteiger partial charge on any atom is -0.489 e. The highest BCUT2D eigenvalue weighted by Gasteiger charge is 2.20. The van der Waals surface area contributed by atoms with Gasteiger partial charge in [-0.1, -0.05) is 22.0 Å². The molecular weight excluding hydrogens is 372 g/mol. The minimum atomic E-state index is 0.655. The fraction of sp³-hybridized carbons (Fsp3) is 0.357. The summed E-state index contributed by atoms with van der Waals surface area (Å²) in [7, 11) is 0. The molecule has 5 heteroatoms. The molecule has 0 saturated heterocycles. The normalized spacial score (nSPS) is 14.8. The van der Waals surface area contributed by atoms with Crippen LogP contribution in [0.25, 0.3) is 10.9 Å². The third-order valence-electron chi connectivity index (χ3n) is 3.11. The fourth-order valence-electron chi connectivity index (χ4n) is 1.99. The molecule has 0 aliphatic heterocycles. The van der Waals surface area contributed by atoms with Gasteiger partial charge >= 0.3 is 0 Å². The molecule has 1 heterocycles. The molecular formula is C14H14Br2N2O. The van der Waals surface area contributed by atoms with Crippen LogP contribution in [0.5, 0.6) is 5.75 Å². The first-order valence-electron chi connectivity index (χ1n) is 6.34. The van der Waals surface area contributed by atoms with E-state index >= 15 is 0 Å². The summed E-state index contributed by atoms with van der Waals surface area (Å²) in [6, 6.07) is 6.69. The molecule has 0 radical (unpaired) electrons. The minimum absolute atomic E-state index is 0.655. The lowest BCUT2D eigenvalue weighted by atomic mass is 10.2. The van der Waals surface area contributed by atoms with E-state index in [2.05, 4.69) is 42.2 Å². The molecule has 1 N–H and O–H groups in total. The number of aromatic nitrogens is 1. The van der Waals surface area contributed by atoms with Crippen LogP contribution in [-0.2, 0) is 0 Å². The third kappa shape index (κ3) is 3.09. The van der Waals surface area contributed by atoms with Crippen molar-refractivity contribution in [3.05, 3.63) is 33.3 Å². The Morgan fingerprint density at radius 2 is 2.16 bits per heavy atom. The number of hydrogen-bond acceptors (Lipinski definition) is 3. The molecule has 1 aromatic heterocycles. The second-order valence-electron chi connectivity index (χ2n) is 4.65. The second kappa shape index (κ2) is 5.77. The molecule has 19 heavy (non-hydrogen) atoms. The monoisotopic (exact) mass is 384 g/mol. The molecule has 0 amide bonds. The van der Waals surface area contributed by atoms with Gasteiger partial charge in [0.2, 0.25) is 0 Å². The van der Waals surface area contributed by atoms with Crippen LogP contribution >= 0.6 is 31.9 Å². The van der Waals surface area contributed by atoms with Gasteiger partial charge in [0.05, 0.1) is 4.47 Å².